The predicted molar refractivity (Wildman–Crippen MR) is 112 cm³/mol. The van der Waals surface area contributed by atoms with Gasteiger partial charge in [0.2, 0.25) is 0 Å². The molecule has 0 saturated carbocycles. The lowest BCUT2D eigenvalue weighted by molar-refractivity contribution is -0.148. The summed E-state index contributed by atoms with van der Waals surface area (Å²) in [5.41, 5.74) is -2.22. The zero-order chi connectivity index (χ0) is 23.7. The molecule has 1 aromatic rings. The van der Waals surface area contributed by atoms with Crippen molar-refractivity contribution in [2.24, 2.45) is 0 Å². The molecule has 2 heterocycles. The molecule has 0 radical (unpaired) electrons. The maximum absolute atomic E-state index is 13.7. The highest BCUT2D eigenvalue weighted by molar-refractivity contribution is 5.86. The van der Waals surface area contributed by atoms with Crippen molar-refractivity contribution in [1.82, 2.24) is 10.2 Å². The largest absolute Gasteiger partial charge is 0.444 e. The molecule has 0 aromatic heterocycles. The van der Waals surface area contributed by atoms with Gasteiger partial charge in [-0.2, -0.15) is 0 Å². The van der Waals surface area contributed by atoms with Crippen molar-refractivity contribution in [3.05, 3.63) is 35.4 Å². The Kier molecular flexibility index (Phi) is 6.88. The van der Waals surface area contributed by atoms with Gasteiger partial charge in [0.25, 0.3) is 5.91 Å². The monoisotopic (exact) mass is 452 g/mol. The van der Waals surface area contributed by atoms with Gasteiger partial charge in [-0.3, -0.25) is 4.79 Å². The molecule has 2 bridgehead atoms. The van der Waals surface area contributed by atoms with E-state index in [1.54, 1.807) is 25.7 Å². The highest BCUT2D eigenvalue weighted by atomic mass is 19.1. The summed E-state index contributed by atoms with van der Waals surface area (Å²) < 4.78 is 32.9. The second kappa shape index (κ2) is 9.13. The molecule has 2 saturated heterocycles. The van der Waals surface area contributed by atoms with Gasteiger partial charge in [-0.25, -0.2) is 13.6 Å². The van der Waals surface area contributed by atoms with Gasteiger partial charge >= 0.3 is 6.09 Å². The van der Waals surface area contributed by atoms with Gasteiger partial charge in [-0.05, 0) is 57.7 Å². The lowest BCUT2D eigenvalue weighted by Crippen LogP contribution is -2.59. The second-order valence-electron chi connectivity index (χ2n) is 9.69. The highest BCUT2D eigenvalue weighted by Gasteiger charge is 2.53. The molecule has 2 N–H and O–H groups in total. The third kappa shape index (κ3) is 5.43. The molecule has 0 spiro atoms. The molecule has 0 aliphatic carbocycles. The zero-order valence-electron chi connectivity index (χ0n) is 18.6. The molecular formula is C23H30F2N2O5. The minimum absolute atomic E-state index is 0.0342. The summed E-state index contributed by atoms with van der Waals surface area (Å²) in [4.78, 5) is 38.2. The van der Waals surface area contributed by atoms with Crippen LogP contribution in [0.1, 0.15) is 70.9 Å². The number of nitrogens with zero attached hydrogens (tertiary/aromatic N) is 1. The van der Waals surface area contributed by atoms with Crippen LogP contribution < -0.4 is 5.32 Å². The first kappa shape index (κ1) is 24.1. The number of aliphatic hydroxyl groups is 1. The summed E-state index contributed by atoms with van der Waals surface area (Å²) in [6.07, 6.45) is 1.74. The van der Waals surface area contributed by atoms with Gasteiger partial charge in [-0.1, -0.05) is 0 Å². The fourth-order valence-corrected chi connectivity index (χ4v) is 4.65. The topological polar surface area (TPSA) is 95.9 Å². The van der Waals surface area contributed by atoms with E-state index in [2.05, 4.69) is 5.32 Å². The lowest BCUT2D eigenvalue weighted by Gasteiger charge is -2.43. The van der Waals surface area contributed by atoms with Crippen LogP contribution in [0.3, 0.4) is 0 Å². The third-order valence-electron chi connectivity index (χ3n) is 5.96. The zero-order valence-corrected chi connectivity index (χ0v) is 18.6. The van der Waals surface area contributed by atoms with E-state index in [9.17, 15) is 28.3 Å². The van der Waals surface area contributed by atoms with E-state index >= 15 is 0 Å². The SMILES string of the molecule is CC(C)(C)OC(=O)N1C2CCC1CC(O)(C(=O)N[C@@H](CCC=O)c1cc(F)cc(F)c1)C2. The summed E-state index contributed by atoms with van der Waals surface area (Å²) in [7, 11) is 0. The highest BCUT2D eigenvalue weighted by Crippen LogP contribution is 2.42. The third-order valence-corrected chi connectivity index (χ3v) is 5.96. The van der Waals surface area contributed by atoms with E-state index < -0.39 is 40.9 Å². The first-order valence-electron chi connectivity index (χ1n) is 10.9. The fraction of sp³-hybridized carbons (Fsp3) is 0.609. The quantitative estimate of drug-likeness (QED) is 0.645. The van der Waals surface area contributed by atoms with Crippen molar-refractivity contribution in [2.75, 3.05) is 0 Å². The van der Waals surface area contributed by atoms with Crippen molar-refractivity contribution < 1.29 is 33.0 Å². The van der Waals surface area contributed by atoms with Gasteiger partial charge < -0.3 is 24.9 Å². The Morgan fingerprint density at radius 3 is 2.28 bits per heavy atom. The Morgan fingerprint density at radius 1 is 1.22 bits per heavy atom. The van der Waals surface area contributed by atoms with Crippen molar-refractivity contribution in [1.29, 1.82) is 0 Å². The van der Waals surface area contributed by atoms with Crippen LogP contribution in [0.5, 0.6) is 0 Å². The normalized spacial score (nSPS) is 25.9. The van der Waals surface area contributed by atoms with Crippen molar-refractivity contribution in [3.8, 4) is 0 Å². The van der Waals surface area contributed by atoms with Crippen LogP contribution >= 0.6 is 0 Å². The molecule has 3 rings (SSSR count). The van der Waals surface area contributed by atoms with Crippen LogP contribution in [0, 0.1) is 11.6 Å². The smallest absolute Gasteiger partial charge is 0.410 e. The van der Waals surface area contributed by atoms with E-state index in [1.807, 2.05) is 0 Å². The number of ether oxygens (including phenoxy) is 1. The number of piperidine rings is 1. The molecule has 2 amide bonds. The fourth-order valence-electron chi connectivity index (χ4n) is 4.65. The Morgan fingerprint density at radius 2 is 1.78 bits per heavy atom. The number of carbonyl (C=O) groups is 3. The molecule has 176 valence electrons. The average molecular weight is 452 g/mol. The number of halogens is 2. The van der Waals surface area contributed by atoms with Crippen LogP contribution in [0.25, 0.3) is 0 Å². The predicted octanol–water partition coefficient (Wildman–Crippen LogP) is 3.39. The molecule has 7 nitrogen and oxygen atoms in total. The Bertz CT molecular complexity index is 851. The summed E-state index contributed by atoms with van der Waals surface area (Å²) in [6, 6.07) is 1.37. The number of nitrogens with one attached hydrogen (secondary N) is 1. The van der Waals surface area contributed by atoms with Gasteiger partial charge in [0.05, 0.1) is 6.04 Å². The number of rotatable bonds is 6. The van der Waals surface area contributed by atoms with Gasteiger partial charge in [-0.15, -0.1) is 0 Å². The molecule has 2 aliphatic rings. The maximum Gasteiger partial charge on any atom is 0.410 e. The lowest BCUT2D eigenvalue weighted by atomic mass is 9.85. The van der Waals surface area contributed by atoms with Crippen LogP contribution in [0.15, 0.2) is 18.2 Å². The molecule has 2 unspecified atom stereocenters. The number of carbonyl (C=O) groups excluding carboxylic acids is 3. The molecule has 32 heavy (non-hydrogen) atoms. The molecule has 3 atom stereocenters. The first-order chi connectivity index (χ1) is 14.9. The standard InChI is InChI=1S/C23H30F2N2O5/c1-22(2,3)32-21(30)27-17-6-7-18(27)13-23(31,12-17)20(29)26-19(5-4-8-28)14-9-15(24)11-16(25)10-14/h8-11,17-19,31H,4-7,12-13H2,1-3H3,(H,26,29)/t17?,18?,19-,23?/m0/s1. The first-order valence-corrected chi connectivity index (χ1v) is 10.9. The molecular weight excluding hydrogens is 422 g/mol. The number of benzene rings is 1. The molecule has 2 aliphatic heterocycles. The van der Waals surface area contributed by atoms with Gasteiger partial charge in [0, 0.05) is 37.4 Å². The van der Waals surface area contributed by atoms with Crippen LogP contribution in [0.4, 0.5) is 13.6 Å². The number of hydrogen-bond acceptors (Lipinski definition) is 5. The molecule has 9 heteroatoms. The number of hydrogen-bond donors (Lipinski definition) is 2. The minimum atomic E-state index is -1.74. The van der Waals surface area contributed by atoms with Crippen LogP contribution in [0.2, 0.25) is 0 Å². The van der Waals surface area contributed by atoms with Crippen LogP contribution in [-0.4, -0.2) is 51.6 Å². The number of amides is 2. The van der Waals surface area contributed by atoms with Crippen LogP contribution in [-0.2, 0) is 14.3 Å². The van der Waals surface area contributed by atoms with Crippen molar-refractivity contribution >= 4 is 18.3 Å². The Hall–Kier alpha value is -2.55. The summed E-state index contributed by atoms with van der Waals surface area (Å²) in [5.74, 6) is -2.28. The van der Waals surface area contributed by atoms with Gasteiger partial charge in [0.15, 0.2) is 0 Å². The summed E-state index contributed by atoms with van der Waals surface area (Å²) >= 11 is 0. The number of aldehydes is 1. The minimum Gasteiger partial charge on any atom is -0.444 e. The van der Waals surface area contributed by atoms with E-state index in [0.29, 0.717) is 19.1 Å². The van der Waals surface area contributed by atoms with E-state index in [0.717, 1.165) is 18.2 Å². The van der Waals surface area contributed by atoms with E-state index in [-0.39, 0.29) is 43.3 Å². The molecule has 1 aromatic carbocycles. The Labute approximate surface area is 186 Å². The summed E-state index contributed by atoms with van der Waals surface area (Å²) in [6.45, 7) is 5.32. The van der Waals surface area contributed by atoms with Crippen molar-refractivity contribution in [2.45, 2.75) is 88.6 Å². The number of fused-ring (bicyclic) bond motifs is 2. The van der Waals surface area contributed by atoms with Crippen molar-refractivity contribution in [3.63, 3.8) is 0 Å². The second-order valence-corrected chi connectivity index (χ2v) is 9.69. The summed E-state index contributed by atoms with van der Waals surface area (Å²) in [5, 5.41) is 13.8. The van der Waals surface area contributed by atoms with E-state index in [4.69, 9.17) is 4.74 Å². The molecule has 2 fully saturated rings. The average Bonchev–Trinajstić information content (AvgIpc) is 2.95. The van der Waals surface area contributed by atoms with Gasteiger partial charge in [0.1, 0.15) is 29.1 Å². The Balaban J connectivity index is 1.75. The van der Waals surface area contributed by atoms with E-state index in [1.165, 1.54) is 0 Å². The maximum atomic E-state index is 13.7.